The highest BCUT2D eigenvalue weighted by molar-refractivity contribution is 6.38. The molecule has 5 rings (SSSR count). The van der Waals surface area contributed by atoms with Crippen LogP contribution in [-0.2, 0) is 11.3 Å². The number of nitrogens with zero attached hydrogens (tertiary/aromatic N) is 5. The number of halogens is 1. The van der Waals surface area contributed by atoms with E-state index < -0.39 is 0 Å². The predicted molar refractivity (Wildman–Crippen MR) is 121 cm³/mol. The SMILES string of the molecule is O=C(Cn1nc(-c2ccccc2)c2c(Cl)c(-c3ccccc3)nnc21)N1CCNCC1. The standard InChI is InChI=1S/C23H21ClN6O/c24-20-19-21(16-7-3-1-4-8-16)28-30(15-18(31)29-13-11-25-12-14-29)23(19)27-26-22(20)17-9-5-2-6-10-17/h1-10,25H,11-15H2. The van der Waals surface area contributed by atoms with Crippen molar-refractivity contribution in [3.05, 3.63) is 65.7 Å². The fourth-order valence-corrected chi connectivity index (χ4v) is 4.17. The van der Waals surface area contributed by atoms with E-state index in [1.807, 2.05) is 65.6 Å². The van der Waals surface area contributed by atoms with E-state index in [2.05, 4.69) is 15.5 Å². The van der Waals surface area contributed by atoms with Gasteiger partial charge in [-0.3, -0.25) is 4.79 Å². The lowest BCUT2D eigenvalue weighted by Crippen LogP contribution is -2.47. The number of piperazine rings is 1. The summed E-state index contributed by atoms with van der Waals surface area (Å²) < 4.78 is 1.62. The Labute approximate surface area is 184 Å². The first-order valence-corrected chi connectivity index (χ1v) is 10.6. The van der Waals surface area contributed by atoms with Crippen molar-refractivity contribution < 1.29 is 4.79 Å². The zero-order valence-electron chi connectivity index (χ0n) is 16.8. The second kappa shape index (κ2) is 8.45. The van der Waals surface area contributed by atoms with E-state index >= 15 is 0 Å². The maximum atomic E-state index is 12.9. The Bertz CT molecular complexity index is 1220. The molecule has 0 radical (unpaired) electrons. The maximum Gasteiger partial charge on any atom is 0.244 e. The molecule has 0 atom stereocenters. The molecule has 4 aromatic rings. The summed E-state index contributed by atoms with van der Waals surface area (Å²) in [6.45, 7) is 3.07. The molecule has 0 unspecified atom stereocenters. The molecule has 8 heteroatoms. The first-order chi connectivity index (χ1) is 15.2. The molecule has 2 aromatic carbocycles. The van der Waals surface area contributed by atoms with E-state index in [-0.39, 0.29) is 12.5 Å². The number of rotatable bonds is 4. The Morgan fingerprint density at radius 2 is 1.52 bits per heavy atom. The highest BCUT2D eigenvalue weighted by atomic mass is 35.5. The largest absolute Gasteiger partial charge is 0.339 e. The van der Waals surface area contributed by atoms with Crippen LogP contribution in [0.2, 0.25) is 5.02 Å². The minimum atomic E-state index is 0.00979. The molecule has 2 aromatic heterocycles. The molecule has 0 spiro atoms. The second-order valence-corrected chi connectivity index (χ2v) is 7.81. The second-order valence-electron chi connectivity index (χ2n) is 7.43. The topological polar surface area (TPSA) is 75.9 Å². The molecule has 1 aliphatic heterocycles. The molecule has 1 amide bonds. The van der Waals surface area contributed by atoms with Crippen LogP contribution in [0.25, 0.3) is 33.5 Å². The van der Waals surface area contributed by atoms with E-state index in [4.69, 9.17) is 16.7 Å². The molecule has 156 valence electrons. The summed E-state index contributed by atoms with van der Waals surface area (Å²) in [5, 5.41) is 18.0. The number of fused-ring (bicyclic) bond motifs is 1. The van der Waals surface area contributed by atoms with Gasteiger partial charge in [-0.05, 0) is 0 Å². The van der Waals surface area contributed by atoms with E-state index in [0.29, 0.717) is 40.5 Å². The third-order valence-electron chi connectivity index (χ3n) is 5.45. The average molecular weight is 433 g/mol. The van der Waals surface area contributed by atoms with Gasteiger partial charge in [-0.15, -0.1) is 10.2 Å². The molecular formula is C23H21ClN6O. The quantitative estimate of drug-likeness (QED) is 0.535. The van der Waals surface area contributed by atoms with Gasteiger partial charge in [-0.2, -0.15) is 5.10 Å². The first-order valence-electron chi connectivity index (χ1n) is 10.2. The van der Waals surface area contributed by atoms with Crippen LogP contribution in [0, 0.1) is 0 Å². The lowest BCUT2D eigenvalue weighted by atomic mass is 10.1. The number of carbonyl (C=O) groups excluding carboxylic acids is 1. The zero-order chi connectivity index (χ0) is 21.2. The monoisotopic (exact) mass is 432 g/mol. The normalized spacial score (nSPS) is 14.2. The lowest BCUT2D eigenvalue weighted by molar-refractivity contribution is -0.132. The van der Waals surface area contributed by atoms with E-state index in [9.17, 15) is 4.79 Å². The molecule has 1 saturated heterocycles. The van der Waals surface area contributed by atoms with Crippen molar-refractivity contribution in [2.24, 2.45) is 0 Å². The summed E-state index contributed by atoms with van der Waals surface area (Å²) in [5.74, 6) is 0.00979. The molecule has 1 fully saturated rings. The van der Waals surface area contributed by atoms with Gasteiger partial charge in [0.15, 0.2) is 5.65 Å². The molecular weight excluding hydrogens is 412 g/mol. The molecule has 0 aliphatic carbocycles. The van der Waals surface area contributed by atoms with Crippen LogP contribution in [-0.4, -0.2) is 57.0 Å². The lowest BCUT2D eigenvalue weighted by Gasteiger charge is -2.27. The Hall–Kier alpha value is -3.29. The molecule has 1 N–H and O–H groups in total. The number of nitrogens with one attached hydrogen (secondary N) is 1. The van der Waals surface area contributed by atoms with Gasteiger partial charge in [0, 0.05) is 37.3 Å². The van der Waals surface area contributed by atoms with Gasteiger partial charge in [0.1, 0.15) is 17.9 Å². The van der Waals surface area contributed by atoms with Crippen LogP contribution < -0.4 is 5.32 Å². The van der Waals surface area contributed by atoms with Crippen LogP contribution in [0.1, 0.15) is 0 Å². The molecule has 31 heavy (non-hydrogen) atoms. The third-order valence-corrected chi connectivity index (χ3v) is 5.81. The smallest absolute Gasteiger partial charge is 0.244 e. The van der Waals surface area contributed by atoms with Gasteiger partial charge >= 0.3 is 0 Å². The number of hydrogen-bond acceptors (Lipinski definition) is 5. The minimum absolute atomic E-state index is 0.00979. The van der Waals surface area contributed by atoms with Gasteiger partial charge < -0.3 is 10.2 Å². The van der Waals surface area contributed by atoms with Crippen molar-refractivity contribution in [1.29, 1.82) is 0 Å². The van der Waals surface area contributed by atoms with Gasteiger partial charge in [0.05, 0.1) is 10.4 Å². The van der Waals surface area contributed by atoms with E-state index in [1.165, 1.54) is 0 Å². The molecule has 7 nitrogen and oxygen atoms in total. The highest BCUT2D eigenvalue weighted by Crippen LogP contribution is 2.37. The fraction of sp³-hybridized carbons (Fsp3) is 0.217. The minimum Gasteiger partial charge on any atom is -0.339 e. The summed E-state index contributed by atoms with van der Waals surface area (Å²) in [5.41, 5.74) is 3.59. The summed E-state index contributed by atoms with van der Waals surface area (Å²) in [6, 6.07) is 19.5. The molecule has 0 saturated carbocycles. The molecule has 0 bridgehead atoms. The Kier molecular flexibility index (Phi) is 5.36. The molecule has 1 aliphatic rings. The van der Waals surface area contributed by atoms with Crippen molar-refractivity contribution in [2.45, 2.75) is 6.54 Å². The van der Waals surface area contributed by atoms with Crippen LogP contribution in [0.4, 0.5) is 0 Å². The summed E-state index contributed by atoms with van der Waals surface area (Å²) in [6.07, 6.45) is 0. The van der Waals surface area contributed by atoms with Crippen molar-refractivity contribution in [3.8, 4) is 22.5 Å². The Morgan fingerprint density at radius 1 is 0.903 bits per heavy atom. The van der Waals surface area contributed by atoms with Gasteiger partial charge in [0.2, 0.25) is 5.91 Å². The van der Waals surface area contributed by atoms with Crippen LogP contribution in [0.5, 0.6) is 0 Å². The third kappa shape index (κ3) is 3.78. The van der Waals surface area contributed by atoms with Crippen molar-refractivity contribution in [1.82, 2.24) is 30.2 Å². The summed E-state index contributed by atoms with van der Waals surface area (Å²) in [4.78, 5) is 14.7. The van der Waals surface area contributed by atoms with Crippen LogP contribution in [0.15, 0.2) is 60.7 Å². The van der Waals surface area contributed by atoms with Crippen LogP contribution >= 0.6 is 11.6 Å². The number of amides is 1. The first kappa shape index (κ1) is 19.7. The average Bonchev–Trinajstić information content (AvgIpc) is 3.20. The fourth-order valence-electron chi connectivity index (χ4n) is 3.85. The van der Waals surface area contributed by atoms with Crippen molar-refractivity contribution in [2.75, 3.05) is 26.2 Å². The van der Waals surface area contributed by atoms with Gasteiger partial charge in [-0.1, -0.05) is 72.3 Å². The van der Waals surface area contributed by atoms with Crippen LogP contribution in [0.3, 0.4) is 0 Å². The summed E-state index contributed by atoms with van der Waals surface area (Å²) >= 11 is 6.87. The Morgan fingerprint density at radius 3 is 2.16 bits per heavy atom. The van der Waals surface area contributed by atoms with Gasteiger partial charge in [0.25, 0.3) is 0 Å². The Balaban J connectivity index is 1.63. The molecule has 3 heterocycles. The number of carbonyl (C=O) groups is 1. The number of benzene rings is 2. The van der Waals surface area contributed by atoms with E-state index in [0.717, 1.165) is 24.2 Å². The van der Waals surface area contributed by atoms with Gasteiger partial charge in [-0.25, -0.2) is 4.68 Å². The number of hydrogen-bond donors (Lipinski definition) is 1. The van der Waals surface area contributed by atoms with Crippen molar-refractivity contribution in [3.63, 3.8) is 0 Å². The van der Waals surface area contributed by atoms with E-state index in [1.54, 1.807) is 4.68 Å². The summed E-state index contributed by atoms with van der Waals surface area (Å²) in [7, 11) is 0. The number of aromatic nitrogens is 4. The highest BCUT2D eigenvalue weighted by Gasteiger charge is 2.24. The maximum absolute atomic E-state index is 12.9. The predicted octanol–water partition coefficient (Wildman–Crippen LogP) is 3.25. The zero-order valence-corrected chi connectivity index (χ0v) is 17.6. The van der Waals surface area contributed by atoms with Crippen molar-refractivity contribution >= 4 is 28.5 Å².